The van der Waals surface area contributed by atoms with Gasteiger partial charge in [-0.3, -0.25) is 19.1 Å². The first-order chi connectivity index (χ1) is 15.1. The van der Waals surface area contributed by atoms with E-state index in [1.54, 1.807) is 30.1 Å². The van der Waals surface area contributed by atoms with Crippen molar-refractivity contribution in [3.05, 3.63) is 58.3 Å². The number of nitrogens with one attached hydrogen (secondary N) is 1. The number of aromatic nitrogens is 2. The minimum atomic E-state index is -1.52. The summed E-state index contributed by atoms with van der Waals surface area (Å²) in [6.07, 6.45) is 4.66. The van der Waals surface area contributed by atoms with Crippen LogP contribution in [0.25, 0.3) is 0 Å². The number of rotatable bonds is 5. The van der Waals surface area contributed by atoms with Gasteiger partial charge in [-0.05, 0) is 33.8 Å². The molecule has 9 nitrogen and oxygen atoms in total. The van der Waals surface area contributed by atoms with Gasteiger partial charge in [-0.25, -0.2) is 0 Å². The molecule has 3 N–H and O–H groups in total. The summed E-state index contributed by atoms with van der Waals surface area (Å²) in [7, 11) is 0. The Morgan fingerprint density at radius 2 is 1.97 bits per heavy atom. The van der Waals surface area contributed by atoms with Crippen LogP contribution < -0.4 is 10.1 Å². The highest BCUT2D eigenvalue weighted by Crippen LogP contribution is 2.57. The molecule has 0 saturated carbocycles. The molecule has 1 aliphatic heterocycles. The number of Topliss-reactive ketones (excluding diaryl/α,β-unsaturated/α-hetero) is 2. The Bertz CT molecular complexity index is 1240. The van der Waals surface area contributed by atoms with Crippen molar-refractivity contribution in [3.8, 4) is 17.2 Å². The number of hydrogen-bond acceptors (Lipinski definition) is 8. The fourth-order valence-corrected chi connectivity index (χ4v) is 4.24. The number of phenolic OH excluding ortho intramolecular Hbond substituents is 2. The van der Waals surface area contributed by atoms with Crippen molar-refractivity contribution in [2.45, 2.75) is 39.7 Å². The Hall–Kier alpha value is -3.88. The predicted octanol–water partition coefficient (Wildman–Crippen LogP) is 2.05. The van der Waals surface area contributed by atoms with Crippen LogP contribution in [0, 0.1) is 6.92 Å². The number of nitrogens with zero attached hydrogens (tertiary/aromatic N) is 2. The van der Waals surface area contributed by atoms with E-state index in [0.717, 1.165) is 0 Å². The summed E-state index contributed by atoms with van der Waals surface area (Å²) in [6, 6.07) is 1.80. The third-order valence-electron chi connectivity index (χ3n) is 6.05. The maximum Gasteiger partial charge on any atom is 0.194 e. The van der Waals surface area contributed by atoms with Gasteiger partial charge >= 0.3 is 0 Å². The maximum atomic E-state index is 13.6. The Labute approximate surface area is 184 Å². The Morgan fingerprint density at radius 1 is 1.25 bits per heavy atom. The first-order valence-corrected chi connectivity index (χ1v) is 10.1. The van der Waals surface area contributed by atoms with Crippen LogP contribution in [-0.2, 0) is 21.5 Å². The highest BCUT2D eigenvalue weighted by atomic mass is 16.5. The van der Waals surface area contributed by atoms with Crippen LogP contribution in [-0.4, -0.2) is 43.9 Å². The Kier molecular flexibility index (Phi) is 4.92. The van der Waals surface area contributed by atoms with E-state index >= 15 is 0 Å². The molecule has 1 aromatic heterocycles. The van der Waals surface area contributed by atoms with Crippen LogP contribution >= 0.6 is 0 Å². The van der Waals surface area contributed by atoms with Crippen LogP contribution in [0.15, 0.2) is 41.6 Å². The molecule has 0 bridgehead atoms. The van der Waals surface area contributed by atoms with Crippen molar-refractivity contribution >= 4 is 17.3 Å². The zero-order valence-corrected chi connectivity index (χ0v) is 18.1. The van der Waals surface area contributed by atoms with Crippen molar-refractivity contribution in [1.29, 1.82) is 0 Å². The van der Waals surface area contributed by atoms with Crippen LogP contribution in [0.2, 0.25) is 0 Å². The van der Waals surface area contributed by atoms with Gasteiger partial charge in [-0.2, -0.15) is 5.10 Å². The maximum absolute atomic E-state index is 13.6. The van der Waals surface area contributed by atoms with E-state index in [1.165, 1.54) is 26.8 Å². The van der Waals surface area contributed by atoms with E-state index in [0.29, 0.717) is 18.8 Å². The number of fused-ring (bicyclic) bond motifs is 3. The van der Waals surface area contributed by atoms with Gasteiger partial charge in [0.2, 0.25) is 0 Å². The van der Waals surface area contributed by atoms with Gasteiger partial charge in [0.25, 0.3) is 0 Å². The molecule has 1 aromatic carbocycles. The lowest BCUT2D eigenvalue weighted by atomic mass is 9.70. The molecule has 0 fully saturated rings. The second kappa shape index (κ2) is 7.37. The van der Waals surface area contributed by atoms with Crippen molar-refractivity contribution in [2.24, 2.45) is 0 Å². The number of aromatic hydroxyl groups is 2. The second-order valence-corrected chi connectivity index (χ2v) is 8.08. The van der Waals surface area contributed by atoms with Crippen LogP contribution in [0.3, 0.4) is 0 Å². The standard InChI is InChI=1S/C23H23N3O6/c1-11-19(29)17(13(3)27)21-18(20(11)30)23(4)15(32-21)10-14(28)16(22(23)31)12(2)24-7-9-26-8-5-6-25-26/h5-6,8,10,24,29-30H,7,9H2,1-4H3. The van der Waals surface area contributed by atoms with Gasteiger partial charge in [0, 0.05) is 36.3 Å². The lowest BCUT2D eigenvalue weighted by molar-refractivity contribution is -0.123. The minimum Gasteiger partial charge on any atom is -0.507 e. The molecule has 1 atom stereocenters. The molecule has 0 amide bonds. The number of carbonyl (C=O) groups is 3. The molecular formula is C23H23N3O6. The first kappa shape index (κ1) is 21.4. The zero-order valence-electron chi connectivity index (χ0n) is 18.1. The molecule has 4 rings (SSSR count). The van der Waals surface area contributed by atoms with E-state index in [-0.39, 0.29) is 39.5 Å². The smallest absolute Gasteiger partial charge is 0.194 e. The van der Waals surface area contributed by atoms with Crippen molar-refractivity contribution in [2.75, 3.05) is 6.54 Å². The average Bonchev–Trinajstić information content (AvgIpc) is 3.33. The lowest BCUT2D eigenvalue weighted by Crippen LogP contribution is -2.41. The number of ketones is 3. The zero-order chi connectivity index (χ0) is 23.4. The summed E-state index contributed by atoms with van der Waals surface area (Å²) in [5.41, 5.74) is -1.18. The van der Waals surface area contributed by atoms with Gasteiger partial charge in [-0.15, -0.1) is 0 Å². The van der Waals surface area contributed by atoms with Gasteiger partial charge in [0.1, 0.15) is 34.0 Å². The molecule has 9 heteroatoms. The molecule has 1 unspecified atom stereocenters. The molecule has 2 aliphatic rings. The normalized spacial score (nSPS) is 20.9. The summed E-state index contributed by atoms with van der Waals surface area (Å²) < 4.78 is 7.46. The van der Waals surface area contributed by atoms with Gasteiger partial charge in [0.15, 0.2) is 17.3 Å². The quantitative estimate of drug-likeness (QED) is 0.368. The van der Waals surface area contributed by atoms with E-state index < -0.39 is 28.5 Å². The molecule has 166 valence electrons. The molecule has 0 radical (unpaired) electrons. The molecule has 0 saturated heterocycles. The molecule has 2 aromatic rings. The van der Waals surface area contributed by atoms with Gasteiger partial charge < -0.3 is 20.3 Å². The van der Waals surface area contributed by atoms with E-state index in [9.17, 15) is 24.6 Å². The van der Waals surface area contributed by atoms with Crippen LogP contribution in [0.5, 0.6) is 17.2 Å². The number of ether oxygens (including phenoxy) is 1. The topological polar surface area (TPSA) is 131 Å². The summed E-state index contributed by atoms with van der Waals surface area (Å²) in [6.45, 7) is 6.84. The molecule has 1 aliphatic carbocycles. The number of benzene rings is 1. The number of carbonyl (C=O) groups excluding carboxylic acids is 3. The summed E-state index contributed by atoms with van der Waals surface area (Å²) >= 11 is 0. The van der Waals surface area contributed by atoms with E-state index in [2.05, 4.69) is 10.4 Å². The minimum absolute atomic E-state index is 0.0124. The van der Waals surface area contributed by atoms with Crippen LogP contribution in [0.4, 0.5) is 0 Å². The van der Waals surface area contributed by atoms with Gasteiger partial charge in [-0.1, -0.05) is 0 Å². The average molecular weight is 437 g/mol. The highest BCUT2D eigenvalue weighted by Gasteiger charge is 2.56. The third-order valence-corrected chi connectivity index (χ3v) is 6.05. The summed E-state index contributed by atoms with van der Waals surface area (Å²) in [5, 5.41) is 28.4. The fourth-order valence-electron chi connectivity index (χ4n) is 4.24. The Balaban J connectivity index is 1.79. The largest absolute Gasteiger partial charge is 0.507 e. The van der Waals surface area contributed by atoms with Crippen LogP contribution in [0.1, 0.15) is 42.3 Å². The van der Waals surface area contributed by atoms with Gasteiger partial charge in [0.05, 0.1) is 17.7 Å². The number of hydrogen-bond donors (Lipinski definition) is 3. The van der Waals surface area contributed by atoms with Crippen molar-refractivity contribution in [1.82, 2.24) is 15.1 Å². The molecule has 32 heavy (non-hydrogen) atoms. The number of phenols is 2. The first-order valence-electron chi connectivity index (χ1n) is 10.1. The van der Waals surface area contributed by atoms with E-state index in [4.69, 9.17) is 4.74 Å². The SMILES string of the molecule is CC(=O)c1c(O)c(C)c(O)c2c1OC1=CC(=O)C(=C(C)NCCn3cccn3)C(=O)C12C. The monoisotopic (exact) mass is 437 g/mol. The lowest BCUT2D eigenvalue weighted by Gasteiger charge is -2.29. The summed E-state index contributed by atoms with van der Waals surface area (Å²) in [5.74, 6) is -2.43. The molecule has 2 heterocycles. The fraction of sp³-hybridized carbons (Fsp3) is 0.304. The third kappa shape index (κ3) is 2.92. The molecular weight excluding hydrogens is 414 g/mol. The Morgan fingerprint density at radius 3 is 2.59 bits per heavy atom. The molecule has 0 spiro atoms. The number of allylic oxidation sites excluding steroid dienone is 4. The van der Waals surface area contributed by atoms with Crippen molar-refractivity contribution < 1.29 is 29.3 Å². The second-order valence-electron chi connectivity index (χ2n) is 8.08. The highest BCUT2D eigenvalue weighted by molar-refractivity contribution is 6.31. The van der Waals surface area contributed by atoms with E-state index in [1.807, 2.05) is 0 Å². The summed E-state index contributed by atoms with van der Waals surface area (Å²) in [4.78, 5) is 38.7. The predicted molar refractivity (Wildman–Crippen MR) is 114 cm³/mol. The van der Waals surface area contributed by atoms with Crippen molar-refractivity contribution in [3.63, 3.8) is 0 Å².